The molecule has 1 aromatic rings. The summed E-state index contributed by atoms with van der Waals surface area (Å²) in [5, 5.41) is 0. The lowest BCUT2D eigenvalue weighted by atomic mass is 9.80. The molecule has 0 bridgehead atoms. The van der Waals surface area contributed by atoms with E-state index in [0.717, 1.165) is 0 Å². The average Bonchev–Trinajstić information content (AvgIpc) is 2.18. The van der Waals surface area contributed by atoms with Gasteiger partial charge in [0.15, 0.2) is 0 Å². The largest absolute Gasteiger partial charge is 0.384 e. The second-order valence-electron chi connectivity index (χ2n) is 4.45. The second-order valence-corrected chi connectivity index (χ2v) is 4.45. The number of ether oxygens (including phenoxy) is 1. The van der Waals surface area contributed by atoms with Gasteiger partial charge in [0.2, 0.25) is 0 Å². The fourth-order valence-corrected chi connectivity index (χ4v) is 1.87. The van der Waals surface area contributed by atoms with E-state index in [9.17, 15) is 0 Å². The van der Waals surface area contributed by atoms with Crippen LogP contribution in [0.5, 0.6) is 0 Å². The lowest BCUT2D eigenvalue weighted by molar-refractivity contribution is 0.120. The van der Waals surface area contributed by atoms with Crippen LogP contribution in [0.2, 0.25) is 0 Å². The van der Waals surface area contributed by atoms with Gasteiger partial charge in [-0.15, -0.1) is 0 Å². The van der Waals surface area contributed by atoms with E-state index in [-0.39, 0.29) is 5.54 Å². The maximum atomic E-state index is 6.39. The van der Waals surface area contributed by atoms with E-state index in [1.165, 1.54) is 11.1 Å². The third kappa shape index (κ3) is 2.58. The smallest absolute Gasteiger partial charge is 0.0508 e. The van der Waals surface area contributed by atoms with Crippen molar-refractivity contribution in [3.63, 3.8) is 0 Å². The zero-order valence-electron chi connectivity index (χ0n) is 10.1. The highest BCUT2D eigenvalue weighted by Crippen LogP contribution is 2.28. The van der Waals surface area contributed by atoms with E-state index in [1.54, 1.807) is 7.11 Å². The molecule has 2 nitrogen and oxygen atoms in total. The summed E-state index contributed by atoms with van der Waals surface area (Å²) in [6.07, 6.45) is 0. The Balaban J connectivity index is 2.99. The molecule has 0 aliphatic rings. The number of rotatable bonds is 4. The van der Waals surface area contributed by atoms with Gasteiger partial charge < -0.3 is 10.5 Å². The summed E-state index contributed by atoms with van der Waals surface area (Å²) in [6.45, 7) is 6.97. The summed E-state index contributed by atoms with van der Waals surface area (Å²) in [4.78, 5) is 0. The minimum absolute atomic E-state index is 0.295. The summed E-state index contributed by atoms with van der Waals surface area (Å²) >= 11 is 0. The number of nitrogens with two attached hydrogens (primary N) is 1. The minimum Gasteiger partial charge on any atom is -0.384 e. The third-order valence-corrected chi connectivity index (χ3v) is 3.17. The highest BCUT2D eigenvalue weighted by atomic mass is 16.5. The van der Waals surface area contributed by atoms with Crippen molar-refractivity contribution in [1.82, 2.24) is 0 Å². The monoisotopic (exact) mass is 207 g/mol. The van der Waals surface area contributed by atoms with Crippen molar-refractivity contribution in [2.45, 2.75) is 26.3 Å². The number of hydrogen-bond donors (Lipinski definition) is 1. The molecule has 2 atom stereocenters. The van der Waals surface area contributed by atoms with Crippen LogP contribution in [-0.4, -0.2) is 13.7 Å². The van der Waals surface area contributed by atoms with Gasteiger partial charge in [0.25, 0.3) is 0 Å². The molecule has 0 fully saturated rings. The molecule has 0 radical (unpaired) electrons. The molecule has 0 aromatic heterocycles. The molecule has 1 aromatic carbocycles. The Morgan fingerprint density at radius 1 is 1.40 bits per heavy atom. The van der Waals surface area contributed by atoms with E-state index in [4.69, 9.17) is 10.5 Å². The standard InChI is InChI=1S/C13H21NO/c1-10-7-5-6-8-12(10)13(3,14)11(2)9-15-4/h5-8,11H,9,14H2,1-4H3. The lowest BCUT2D eigenvalue weighted by Gasteiger charge is -2.33. The van der Waals surface area contributed by atoms with Gasteiger partial charge in [0.1, 0.15) is 0 Å². The van der Waals surface area contributed by atoms with Crippen LogP contribution in [0.25, 0.3) is 0 Å². The maximum absolute atomic E-state index is 6.39. The van der Waals surface area contributed by atoms with E-state index in [1.807, 2.05) is 12.1 Å². The summed E-state index contributed by atoms with van der Waals surface area (Å²) in [7, 11) is 1.71. The average molecular weight is 207 g/mol. The first kappa shape index (κ1) is 12.2. The topological polar surface area (TPSA) is 35.2 Å². The van der Waals surface area contributed by atoms with Crippen LogP contribution in [0.1, 0.15) is 25.0 Å². The van der Waals surface area contributed by atoms with Gasteiger partial charge in [-0.05, 0) is 25.0 Å². The molecule has 0 amide bonds. The van der Waals surface area contributed by atoms with Crippen molar-refractivity contribution in [2.24, 2.45) is 11.7 Å². The van der Waals surface area contributed by atoms with Crippen LogP contribution in [0.3, 0.4) is 0 Å². The normalized spacial score (nSPS) is 17.1. The first-order valence-corrected chi connectivity index (χ1v) is 5.34. The molecular weight excluding hydrogens is 186 g/mol. The van der Waals surface area contributed by atoms with Crippen LogP contribution in [0.4, 0.5) is 0 Å². The molecule has 15 heavy (non-hydrogen) atoms. The van der Waals surface area contributed by atoms with Gasteiger partial charge in [-0.3, -0.25) is 0 Å². The Morgan fingerprint density at radius 2 is 2.00 bits per heavy atom. The van der Waals surface area contributed by atoms with Gasteiger partial charge in [-0.2, -0.15) is 0 Å². The molecule has 2 unspecified atom stereocenters. The molecule has 2 N–H and O–H groups in total. The molecule has 0 aliphatic heterocycles. The number of aryl methyl sites for hydroxylation is 1. The summed E-state index contributed by atoms with van der Waals surface area (Å²) < 4.78 is 5.17. The van der Waals surface area contributed by atoms with Crippen molar-refractivity contribution >= 4 is 0 Å². The Labute approximate surface area is 92.4 Å². The Kier molecular flexibility index (Phi) is 3.89. The molecular formula is C13H21NO. The van der Waals surface area contributed by atoms with Gasteiger partial charge in [0.05, 0.1) is 6.61 Å². The SMILES string of the molecule is COCC(C)C(C)(N)c1ccccc1C. The van der Waals surface area contributed by atoms with Crippen molar-refractivity contribution in [2.75, 3.05) is 13.7 Å². The molecule has 0 aliphatic carbocycles. The molecule has 1 rings (SSSR count). The first-order chi connectivity index (χ1) is 7.00. The van der Waals surface area contributed by atoms with Crippen LogP contribution >= 0.6 is 0 Å². The summed E-state index contributed by atoms with van der Waals surface area (Å²) in [5.41, 5.74) is 8.50. The predicted octanol–water partition coefficient (Wildman–Crippen LogP) is 2.45. The minimum atomic E-state index is -0.332. The van der Waals surface area contributed by atoms with Crippen LogP contribution in [-0.2, 0) is 10.3 Å². The zero-order chi connectivity index (χ0) is 11.5. The van der Waals surface area contributed by atoms with Crippen LogP contribution < -0.4 is 5.73 Å². The van der Waals surface area contributed by atoms with E-state index in [2.05, 4.69) is 32.9 Å². The number of methoxy groups -OCH3 is 1. The van der Waals surface area contributed by atoms with Gasteiger partial charge in [-0.1, -0.05) is 31.2 Å². The molecule has 84 valence electrons. The number of hydrogen-bond acceptors (Lipinski definition) is 2. The molecule has 2 heteroatoms. The van der Waals surface area contributed by atoms with Crippen molar-refractivity contribution < 1.29 is 4.74 Å². The molecule has 0 saturated heterocycles. The van der Waals surface area contributed by atoms with E-state index >= 15 is 0 Å². The lowest BCUT2D eigenvalue weighted by Crippen LogP contribution is -2.42. The molecule has 0 saturated carbocycles. The number of benzene rings is 1. The van der Waals surface area contributed by atoms with Gasteiger partial charge in [0, 0.05) is 18.6 Å². The Morgan fingerprint density at radius 3 is 2.53 bits per heavy atom. The fourth-order valence-electron chi connectivity index (χ4n) is 1.87. The maximum Gasteiger partial charge on any atom is 0.0508 e. The van der Waals surface area contributed by atoms with Crippen molar-refractivity contribution in [3.8, 4) is 0 Å². The summed E-state index contributed by atoms with van der Waals surface area (Å²) in [6, 6.07) is 8.27. The van der Waals surface area contributed by atoms with Crippen molar-refractivity contribution in [1.29, 1.82) is 0 Å². The highest BCUT2D eigenvalue weighted by molar-refractivity contribution is 5.32. The van der Waals surface area contributed by atoms with E-state index in [0.29, 0.717) is 12.5 Å². The Hall–Kier alpha value is -0.860. The van der Waals surface area contributed by atoms with Crippen LogP contribution in [0, 0.1) is 12.8 Å². The highest BCUT2D eigenvalue weighted by Gasteiger charge is 2.29. The third-order valence-electron chi connectivity index (χ3n) is 3.17. The fraction of sp³-hybridized carbons (Fsp3) is 0.538. The zero-order valence-corrected chi connectivity index (χ0v) is 10.1. The molecule has 0 spiro atoms. The Bertz CT molecular complexity index is 320. The first-order valence-electron chi connectivity index (χ1n) is 5.34. The molecule has 0 heterocycles. The van der Waals surface area contributed by atoms with Gasteiger partial charge in [-0.25, -0.2) is 0 Å². The second kappa shape index (κ2) is 4.77. The van der Waals surface area contributed by atoms with E-state index < -0.39 is 0 Å². The van der Waals surface area contributed by atoms with Crippen LogP contribution in [0.15, 0.2) is 24.3 Å². The van der Waals surface area contributed by atoms with Gasteiger partial charge >= 0.3 is 0 Å². The van der Waals surface area contributed by atoms with Crippen molar-refractivity contribution in [3.05, 3.63) is 35.4 Å². The predicted molar refractivity (Wildman–Crippen MR) is 63.8 cm³/mol. The quantitative estimate of drug-likeness (QED) is 0.823. The summed E-state index contributed by atoms with van der Waals surface area (Å²) in [5.74, 6) is 0.295.